The number of hydrogen-bond donors (Lipinski definition) is 5. The molecule has 4 aliphatic rings. The lowest BCUT2D eigenvalue weighted by Gasteiger charge is -2.49. The largest absolute Gasteiger partial charge is 0.477 e. The molecule has 6 rings (SSSR count). The SMILES string of the molecule is CC[C@H]1OC(=O)[C@H](C)[C@@H](O[C@H]2C[C@@](C)(OC)[C@@H](OC(=O)CCOCCNc3ccc4c(c3)c(=O)c(C(=O)O)cn4C3CC3)[C@H](C)O2)[C@H](C)[C@@H](O[C@@H]2O[C@H](C)C[C@H](N(C)C)[C@H]2O)[C@](C)(O)C[C@@H](C)CN(C)[C@H](C)[C@@H](OC)[C@]1(C)O. The number of benzene rings is 1. The maximum atomic E-state index is 14.7. The maximum absolute atomic E-state index is 14.7. The second-order valence-corrected chi connectivity index (χ2v) is 23.7. The van der Waals surface area contributed by atoms with E-state index in [0.29, 0.717) is 36.1 Å². The molecule has 18 atom stereocenters. The van der Waals surface area contributed by atoms with Crippen LogP contribution in [0.5, 0.6) is 0 Å². The number of aliphatic hydroxyl groups excluding tert-OH is 1. The number of hydrogen-bond acceptors (Lipinski definition) is 19. The minimum atomic E-state index is -1.64. The van der Waals surface area contributed by atoms with Gasteiger partial charge in [0.1, 0.15) is 35.1 Å². The molecule has 0 spiro atoms. The molecule has 5 N–H and O–H groups in total. The van der Waals surface area contributed by atoms with Crippen LogP contribution >= 0.6 is 0 Å². The lowest BCUT2D eigenvalue weighted by Crippen LogP contribution is -2.61. The fraction of sp³-hybridized carbons (Fsp3) is 0.789. The van der Waals surface area contributed by atoms with Crippen molar-refractivity contribution < 1.29 is 77.4 Å². The second-order valence-electron chi connectivity index (χ2n) is 23.7. The molecule has 442 valence electrons. The number of esters is 2. The third kappa shape index (κ3) is 14.6. The highest BCUT2D eigenvalue weighted by atomic mass is 16.7. The Morgan fingerprint density at radius 3 is 2.24 bits per heavy atom. The first-order chi connectivity index (χ1) is 36.6. The number of fused-ring (bicyclic) bond motifs is 1. The molecule has 4 heterocycles. The Morgan fingerprint density at radius 1 is 0.936 bits per heavy atom. The summed E-state index contributed by atoms with van der Waals surface area (Å²) in [4.78, 5) is 57.1. The molecule has 1 aromatic heterocycles. The molecule has 0 unspecified atom stereocenters. The van der Waals surface area contributed by atoms with Crippen molar-refractivity contribution >= 4 is 34.5 Å². The Hall–Kier alpha value is -3.84. The van der Waals surface area contributed by atoms with E-state index in [4.69, 9.17) is 42.6 Å². The van der Waals surface area contributed by atoms with Gasteiger partial charge in [-0.2, -0.15) is 0 Å². The van der Waals surface area contributed by atoms with E-state index in [1.54, 1.807) is 40.7 Å². The molecule has 1 aliphatic carbocycles. The van der Waals surface area contributed by atoms with Gasteiger partial charge in [-0.1, -0.05) is 20.8 Å². The van der Waals surface area contributed by atoms with Crippen molar-refractivity contribution in [3.63, 3.8) is 0 Å². The normalized spacial score (nSPS) is 37.8. The van der Waals surface area contributed by atoms with Gasteiger partial charge in [-0.3, -0.25) is 14.4 Å². The summed E-state index contributed by atoms with van der Waals surface area (Å²) in [5.41, 5.74) is -3.93. The average molecular weight is 1110 g/mol. The van der Waals surface area contributed by atoms with E-state index in [1.165, 1.54) is 20.4 Å². The van der Waals surface area contributed by atoms with E-state index in [-0.39, 0.29) is 74.6 Å². The quantitative estimate of drug-likeness (QED) is 0.0975. The molecule has 21 heteroatoms. The molecular formula is C57H92N4O17. The summed E-state index contributed by atoms with van der Waals surface area (Å²) in [6.45, 7) is 19.1. The zero-order chi connectivity index (χ0) is 57.8. The number of nitrogens with zero attached hydrogens (tertiary/aromatic N) is 3. The summed E-state index contributed by atoms with van der Waals surface area (Å²) in [5, 5.41) is 50.1. The van der Waals surface area contributed by atoms with E-state index < -0.39 is 107 Å². The molecular weight excluding hydrogens is 1010 g/mol. The van der Waals surface area contributed by atoms with E-state index in [0.717, 1.165) is 12.8 Å². The van der Waals surface area contributed by atoms with Crippen LogP contribution in [-0.2, 0) is 52.2 Å². The summed E-state index contributed by atoms with van der Waals surface area (Å²) in [6, 6.07) is 4.79. The molecule has 0 radical (unpaired) electrons. The van der Waals surface area contributed by atoms with Gasteiger partial charge in [0.25, 0.3) is 0 Å². The van der Waals surface area contributed by atoms with Crippen LogP contribution in [0.4, 0.5) is 5.69 Å². The summed E-state index contributed by atoms with van der Waals surface area (Å²) >= 11 is 0. The first-order valence-corrected chi connectivity index (χ1v) is 27.9. The van der Waals surface area contributed by atoms with Crippen molar-refractivity contribution in [2.45, 2.75) is 211 Å². The number of carboxylic acid groups (broad SMARTS) is 1. The minimum absolute atomic E-state index is 0.0385. The fourth-order valence-corrected chi connectivity index (χ4v) is 12.4. The van der Waals surface area contributed by atoms with Crippen molar-refractivity contribution in [2.75, 3.05) is 67.0 Å². The number of carbonyl (C=O) groups excluding carboxylic acids is 2. The van der Waals surface area contributed by atoms with Gasteiger partial charge < -0.3 is 82.7 Å². The zero-order valence-electron chi connectivity index (χ0n) is 48.8. The molecule has 4 fully saturated rings. The van der Waals surface area contributed by atoms with Gasteiger partial charge in [-0.05, 0) is 126 Å². The number of methoxy groups -OCH3 is 2. The predicted octanol–water partition coefficient (Wildman–Crippen LogP) is 4.97. The molecule has 1 saturated carbocycles. The van der Waals surface area contributed by atoms with Gasteiger partial charge >= 0.3 is 17.9 Å². The number of ether oxygens (including phenoxy) is 9. The Balaban J connectivity index is 1.18. The number of aromatic nitrogens is 1. The molecule has 0 amide bonds. The van der Waals surface area contributed by atoms with Crippen LogP contribution in [0.1, 0.15) is 131 Å². The fourth-order valence-electron chi connectivity index (χ4n) is 12.4. The van der Waals surface area contributed by atoms with Crippen LogP contribution in [0, 0.1) is 17.8 Å². The number of likely N-dealkylation sites (N-methyl/N-ethyl adjacent to an activating group) is 2. The highest BCUT2D eigenvalue weighted by Crippen LogP contribution is 2.42. The monoisotopic (exact) mass is 1100 g/mol. The average Bonchev–Trinajstić information content (AvgIpc) is 4.25. The second kappa shape index (κ2) is 26.4. The molecule has 0 bridgehead atoms. The Labute approximate surface area is 460 Å². The van der Waals surface area contributed by atoms with E-state index in [2.05, 4.69) is 10.2 Å². The Bertz CT molecular complexity index is 2400. The number of pyridine rings is 1. The lowest BCUT2D eigenvalue weighted by molar-refractivity contribution is -0.318. The summed E-state index contributed by atoms with van der Waals surface area (Å²) in [7, 11) is 8.71. The molecule has 3 saturated heterocycles. The third-order valence-electron chi connectivity index (χ3n) is 16.9. The van der Waals surface area contributed by atoms with Crippen LogP contribution < -0.4 is 10.7 Å². The molecule has 78 heavy (non-hydrogen) atoms. The van der Waals surface area contributed by atoms with Crippen LogP contribution in [0.15, 0.2) is 29.2 Å². The molecule has 2 aromatic rings. The van der Waals surface area contributed by atoms with Crippen LogP contribution in [0.2, 0.25) is 0 Å². The molecule has 3 aliphatic heterocycles. The van der Waals surface area contributed by atoms with Crippen molar-refractivity contribution in [3.8, 4) is 0 Å². The van der Waals surface area contributed by atoms with Crippen LogP contribution in [0.3, 0.4) is 0 Å². The number of cyclic esters (lactones) is 1. The minimum Gasteiger partial charge on any atom is -0.477 e. The summed E-state index contributed by atoms with van der Waals surface area (Å²) < 4.78 is 58.7. The van der Waals surface area contributed by atoms with Crippen LogP contribution in [0.25, 0.3) is 10.9 Å². The van der Waals surface area contributed by atoms with Gasteiger partial charge in [0, 0.05) is 75.0 Å². The van der Waals surface area contributed by atoms with E-state index in [1.807, 2.05) is 77.4 Å². The Kier molecular flexibility index (Phi) is 21.4. The number of nitrogens with one attached hydrogen (secondary N) is 1. The number of aliphatic hydroxyl groups is 3. The Morgan fingerprint density at radius 2 is 1.63 bits per heavy atom. The van der Waals surface area contributed by atoms with Gasteiger partial charge in [0.05, 0.1) is 61.1 Å². The van der Waals surface area contributed by atoms with Gasteiger partial charge in [0.2, 0.25) is 5.43 Å². The van der Waals surface area contributed by atoms with E-state index in [9.17, 15) is 39.6 Å². The first kappa shape index (κ1) is 63.3. The smallest absolute Gasteiger partial charge is 0.341 e. The number of aromatic carboxylic acids is 1. The zero-order valence-corrected chi connectivity index (χ0v) is 48.8. The topological polar surface area (TPSA) is 256 Å². The van der Waals surface area contributed by atoms with Crippen molar-refractivity contribution in [3.05, 3.63) is 40.2 Å². The molecule has 1 aromatic carbocycles. The summed E-state index contributed by atoms with van der Waals surface area (Å²) in [6.07, 6.45) is -5.06. The maximum Gasteiger partial charge on any atom is 0.341 e. The van der Waals surface area contributed by atoms with E-state index >= 15 is 0 Å². The lowest BCUT2D eigenvalue weighted by atomic mass is 9.77. The number of anilines is 1. The third-order valence-corrected chi connectivity index (χ3v) is 16.9. The van der Waals surface area contributed by atoms with Gasteiger partial charge in [0.15, 0.2) is 18.7 Å². The van der Waals surface area contributed by atoms with Crippen LogP contribution in [-0.4, -0.2) is 205 Å². The molecule has 21 nitrogen and oxygen atoms in total. The number of rotatable bonds is 18. The van der Waals surface area contributed by atoms with Crippen molar-refractivity contribution in [1.82, 2.24) is 14.4 Å². The summed E-state index contributed by atoms with van der Waals surface area (Å²) in [5.74, 6) is -4.54. The van der Waals surface area contributed by atoms with Gasteiger partial charge in [-0.25, -0.2) is 4.79 Å². The van der Waals surface area contributed by atoms with Crippen molar-refractivity contribution in [2.24, 2.45) is 17.8 Å². The number of carbonyl (C=O) groups is 3. The highest BCUT2D eigenvalue weighted by molar-refractivity contribution is 5.93. The highest BCUT2D eigenvalue weighted by Gasteiger charge is 2.54. The van der Waals surface area contributed by atoms with Crippen molar-refractivity contribution in [1.29, 1.82) is 0 Å². The number of carboxylic acids is 1. The first-order valence-electron chi connectivity index (χ1n) is 27.9. The van der Waals surface area contributed by atoms with Gasteiger partial charge in [-0.15, -0.1) is 0 Å². The predicted molar refractivity (Wildman–Crippen MR) is 290 cm³/mol. The standard InChI is InChI=1S/C57H92N4O17/c1-16-43-57(10,69)50(70-14)35(6)60(13)29-31(2)27-55(8,68)49(78-54-47(64)42(59(11)12)25-32(3)73-54)33(4)48(34(5)53(67)75-43)77-45-28-56(9,71-15)51(36(7)74-45)76-44(62)21-23-72-24-22-58-37-17-20-41-39(26-37)46(63)40(52(65)66)30-61(41)38-18-19-38/h17,20,26,30-36,38,42-43,45,47-51,54,58,64,68-69H,16,18-19,21-25,27-29H2,1-15H3,(H,65,66)/t31-,32-,33+,34-,35-,36+,42+,43-,45+,47-,48+,49-,50-,51+,54+,55-,56-,57-/m1/s1.